The number of amides is 2. The second-order valence-electron chi connectivity index (χ2n) is 9.58. The van der Waals surface area contributed by atoms with E-state index in [-0.39, 0.29) is 29.9 Å². The van der Waals surface area contributed by atoms with Crippen LogP contribution in [-0.2, 0) is 26.2 Å². The Kier molecular flexibility index (Phi) is 10.1. The quantitative estimate of drug-likeness (QED) is 0.175. The van der Waals surface area contributed by atoms with Gasteiger partial charge in [0.2, 0.25) is 0 Å². The lowest BCUT2D eigenvalue weighted by Crippen LogP contribution is -2.39. The van der Waals surface area contributed by atoms with Gasteiger partial charge >= 0.3 is 0 Å². The first kappa shape index (κ1) is 30.1. The molecule has 4 aromatic rings. The van der Waals surface area contributed by atoms with Gasteiger partial charge in [0.05, 0.1) is 29.6 Å². The maximum atomic E-state index is 13.5. The molecule has 42 heavy (non-hydrogen) atoms. The van der Waals surface area contributed by atoms with Crippen molar-refractivity contribution in [2.45, 2.75) is 31.2 Å². The summed E-state index contributed by atoms with van der Waals surface area (Å²) in [5, 5.41) is 6.67. The molecule has 0 aliphatic heterocycles. The number of nitrogens with one attached hydrogen (secondary N) is 2. The number of hydrogen-bond donors (Lipinski definition) is 2. The molecule has 1 aromatic heterocycles. The molecular formula is C31H32N4O6S. The second kappa shape index (κ2) is 14.1. The predicted molar refractivity (Wildman–Crippen MR) is 160 cm³/mol. The van der Waals surface area contributed by atoms with E-state index in [0.29, 0.717) is 22.8 Å². The fourth-order valence-electron chi connectivity index (χ4n) is 3.85. The standard InChI is InChI=1S/C31H32N4O6S/c1-23(2)25-12-14-26(15-13-25)35(42(38,39)29-8-4-3-5-9-29)21-30(36)34-33-19-24-10-16-27(17-11-24)41-22-31(37)32-20-28-7-6-18-40-28/h3-19,23H,20-22H2,1-2H3,(H,32,37)(H,34,36)/b33-19-. The molecule has 3 aromatic carbocycles. The van der Waals surface area contributed by atoms with Gasteiger partial charge in [0.15, 0.2) is 6.61 Å². The van der Waals surface area contributed by atoms with Crippen molar-refractivity contribution in [2.24, 2.45) is 5.10 Å². The summed E-state index contributed by atoms with van der Waals surface area (Å²) < 4.78 is 38.7. The van der Waals surface area contributed by atoms with Gasteiger partial charge in [0.1, 0.15) is 18.1 Å². The molecule has 218 valence electrons. The predicted octanol–water partition coefficient (Wildman–Crippen LogP) is 4.44. The summed E-state index contributed by atoms with van der Waals surface area (Å²) in [6.45, 7) is 3.74. The minimum Gasteiger partial charge on any atom is -0.484 e. The van der Waals surface area contributed by atoms with E-state index in [1.54, 1.807) is 66.7 Å². The number of hydrazone groups is 1. The topological polar surface area (TPSA) is 130 Å². The first-order valence-electron chi connectivity index (χ1n) is 13.2. The normalized spacial score (nSPS) is 11.4. The average Bonchev–Trinajstić information content (AvgIpc) is 3.53. The highest BCUT2D eigenvalue weighted by Crippen LogP contribution is 2.25. The Labute approximate surface area is 245 Å². The maximum Gasteiger partial charge on any atom is 0.264 e. The highest BCUT2D eigenvalue weighted by Gasteiger charge is 2.27. The Morgan fingerprint density at radius 3 is 2.29 bits per heavy atom. The minimum absolute atomic E-state index is 0.0755. The molecule has 0 fully saturated rings. The zero-order valence-electron chi connectivity index (χ0n) is 23.3. The van der Waals surface area contributed by atoms with E-state index < -0.39 is 22.5 Å². The molecule has 2 amide bonds. The van der Waals surface area contributed by atoms with Gasteiger partial charge in [-0.05, 0) is 77.7 Å². The number of ether oxygens (including phenoxy) is 1. The van der Waals surface area contributed by atoms with Crippen LogP contribution in [0.1, 0.15) is 36.7 Å². The van der Waals surface area contributed by atoms with Crippen LogP contribution in [0.15, 0.2) is 112 Å². The number of carbonyl (C=O) groups excluding carboxylic acids is 2. The van der Waals surface area contributed by atoms with Crippen molar-refractivity contribution in [3.05, 3.63) is 114 Å². The Bertz CT molecular complexity index is 1590. The van der Waals surface area contributed by atoms with E-state index >= 15 is 0 Å². The highest BCUT2D eigenvalue weighted by atomic mass is 32.2. The first-order chi connectivity index (χ1) is 20.2. The zero-order valence-corrected chi connectivity index (χ0v) is 24.1. The van der Waals surface area contributed by atoms with Crippen LogP contribution in [0, 0.1) is 0 Å². The number of carbonyl (C=O) groups is 2. The Hall–Kier alpha value is -4.90. The molecule has 0 saturated carbocycles. The number of sulfonamides is 1. The Morgan fingerprint density at radius 1 is 0.929 bits per heavy atom. The molecule has 4 rings (SSSR count). The summed E-state index contributed by atoms with van der Waals surface area (Å²) in [6.07, 6.45) is 2.96. The lowest BCUT2D eigenvalue weighted by Gasteiger charge is -2.24. The monoisotopic (exact) mass is 588 g/mol. The lowest BCUT2D eigenvalue weighted by atomic mass is 10.0. The third-order valence-corrected chi connectivity index (χ3v) is 7.95. The van der Waals surface area contributed by atoms with Gasteiger partial charge in [-0.2, -0.15) is 5.10 Å². The van der Waals surface area contributed by atoms with Gasteiger partial charge in [-0.25, -0.2) is 13.8 Å². The average molecular weight is 589 g/mol. The number of hydrogen-bond acceptors (Lipinski definition) is 7. The summed E-state index contributed by atoms with van der Waals surface area (Å²) >= 11 is 0. The van der Waals surface area contributed by atoms with Crippen LogP contribution in [0.3, 0.4) is 0 Å². The molecule has 0 saturated heterocycles. The Balaban J connectivity index is 1.34. The van der Waals surface area contributed by atoms with Gasteiger partial charge in [0.25, 0.3) is 21.8 Å². The van der Waals surface area contributed by atoms with Crippen LogP contribution < -0.4 is 19.8 Å². The van der Waals surface area contributed by atoms with Gasteiger partial charge in [-0.3, -0.25) is 13.9 Å². The van der Waals surface area contributed by atoms with E-state index in [1.807, 2.05) is 26.0 Å². The van der Waals surface area contributed by atoms with Crippen molar-refractivity contribution < 1.29 is 27.2 Å². The van der Waals surface area contributed by atoms with Crippen LogP contribution >= 0.6 is 0 Å². The van der Waals surface area contributed by atoms with Gasteiger partial charge < -0.3 is 14.5 Å². The molecule has 0 aliphatic rings. The first-order valence-corrected chi connectivity index (χ1v) is 14.7. The largest absolute Gasteiger partial charge is 0.484 e. The van der Waals surface area contributed by atoms with Crippen molar-refractivity contribution in [3.63, 3.8) is 0 Å². The molecule has 11 heteroatoms. The number of benzene rings is 3. The van der Waals surface area contributed by atoms with Crippen molar-refractivity contribution in [1.82, 2.24) is 10.7 Å². The maximum absolute atomic E-state index is 13.5. The van der Waals surface area contributed by atoms with Crippen molar-refractivity contribution in [1.29, 1.82) is 0 Å². The summed E-state index contributed by atoms with van der Waals surface area (Å²) in [7, 11) is -4.02. The van der Waals surface area contributed by atoms with Crippen molar-refractivity contribution >= 4 is 33.7 Å². The van der Waals surface area contributed by atoms with Crippen LogP contribution in [0.5, 0.6) is 5.75 Å². The van der Waals surface area contributed by atoms with E-state index in [2.05, 4.69) is 15.8 Å². The van der Waals surface area contributed by atoms with Crippen LogP contribution in [0.2, 0.25) is 0 Å². The molecule has 0 bridgehead atoms. The Morgan fingerprint density at radius 2 is 1.64 bits per heavy atom. The fraction of sp³-hybridized carbons (Fsp3) is 0.194. The molecule has 0 spiro atoms. The highest BCUT2D eigenvalue weighted by molar-refractivity contribution is 7.92. The third kappa shape index (κ3) is 8.31. The molecule has 0 aliphatic carbocycles. The lowest BCUT2D eigenvalue weighted by molar-refractivity contribution is -0.123. The van der Waals surface area contributed by atoms with E-state index in [4.69, 9.17) is 9.15 Å². The number of furan rings is 1. The second-order valence-corrected chi connectivity index (χ2v) is 11.4. The minimum atomic E-state index is -4.02. The summed E-state index contributed by atoms with van der Waals surface area (Å²) in [5.74, 6) is 0.492. The number of anilines is 1. The number of nitrogens with zero attached hydrogens (tertiary/aromatic N) is 2. The van der Waals surface area contributed by atoms with Crippen LogP contribution in [-0.4, -0.2) is 39.6 Å². The van der Waals surface area contributed by atoms with E-state index in [1.165, 1.54) is 24.6 Å². The third-order valence-electron chi connectivity index (χ3n) is 6.16. The smallest absolute Gasteiger partial charge is 0.264 e. The van der Waals surface area contributed by atoms with Gasteiger partial charge in [-0.15, -0.1) is 0 Å². The SMILES string of the molecule is CC(C)c1ccc(N(CC(=O)N/N=C\c2ccc(OCC(=O)NCc3ccco3)cc2)S(=O)(=O)c2ccccc2)cc1. The molecule has 0 atom stereocenters. The van der Waals surface area contributed by atoms with Gasteiger partial charge in [-0.1, -0.05) is 44.2 Å². The van der Waals surface area contributed by atoms with Crippen molar-refractivity contribution in [3.8, 4) is 5.75 Å². The van der Waals surface area contributed by atoms with Crippen LogP contribution in [0.4, 0.5) is 5.69 Å². The summed E-state index contributed by atoms with van der Waals surface area (Å²) in [6, 6.07) is 25.3. The van der Waals surface area contributed by atoms with Gasteiger partial charge in [0, 0.05) is 0 Å². The number of rotatable bonds is 13. The zero-order chi connectivity index (χ0) is 30.0. The summed E-state index contributed by atoms with van der Waals surface area (Å²) in [5.41, 5.74) is 4.47. The van der Waals surface area contributed by atoms with Crippen LogP contribution in [0.25, 0.3) is 0 Å². The molecule has 10 nitrogen and oxygen atoms in total. The van der Waals surface area contributed by atoms with Crippen molar-refractivity contribution in [2.75, 3.05) is 17.5 Å². The van der Waals surface area contributed by atoms with E-state index in [9.17, 15) is 18.0 Å². The van der Waals surface area contributed by atoms with E-state index in [0.717, 1.165) is 9.87 Å². The molecule has 0 unspecified atom stereocenters. The molecular weight excluding hydrogens is 556 g/mol. The molecule has 1 heterocycles. The molecule has 0 radical (unpaired) electrons. The summed E-state index contributed by atoms with van der Waals surface area (Å²) in [4.78, 5) is 24.8. The molecule has 2 N–H and O–H groups in total. The fourth-order valence-corrected chi connectivity index (χ4v) is 5.30.